The molecular weight excluding hydrogens is 295 g/mol. The highest BCUT2D eigenvalue weighted by Gasteiger charge is 2.22. The molecule has 2 aromatic carbocycles. The Bertz CT molecular complexity index is 601. The average Bonchev–Trinajstić information content (AvgIpc) is 2.39. The first-order valence-corrected chi connectivity index (χ1v) is 6.97. The lowest BCUT2D eigenvalue weighted by Gasteiger charge is -2.15. The first kappa shape index (κ1) is 14.9. The largest absolute Gasteiger partial charge is 0.481 e. The lowest BCUT2D eigenvalue weighted by molar-refractivity contribution is -0.138. The van der Waals surface area contributed by atoms with Gasteiger partial charge in [0.2, 0.25) is 0 Å². The molecule has 0 bridgehead atoms. The highest BCUT2D eigenvalue weighted by atomic mass is 35.5. The van der Waals surface area contributed by atoms with Gasteiger partial charge in [-0.25, -0.2) is 0 Å². The van der Waals surface area contributed by atoms with Crippen molar-refractivity contribution in [2.75, 3.05) is 0 Å². The highest BCUT2D eigenvalue weighted by Crippen LogP contribution is 2.30. The van der Waals surface area contributed by atoms with Crippen molar-refractivity contribution in [3.05, 3.63) is 69.2 Å². The molecule has 4 heteroatoms. The van der Waals surface area contributed by atoms with Crippen LogP contribution < -0.4 is 0 Å². The Morgan fingerprint density at radius 2 is 1.65 bits per heavy atom. The van der Waals surface area contributed by atoms with Gasteiger partial charge in [-0.15, -0.1) is 0 Å². The van der Waals surface area contributed by atoms with Crippen molar-refractivity contribution < 1.29 is 9.90 Å². The number of hydrogen-bond acceptors (Lipinski definition) is 1. The van der Waals surface area contributed by atoms with Gasteiger partial charge in [0.1, 0.15) is 0 Å². The molecule has 2 aromatic rings. The van der Waals surface area contributed by atoms with E-state index in [1.165, 1.54) is 0 Å². The third kappa shape index (κ3) is 3.33. The van der Waals surface area contributed by atoms with E-state index in [4.69, 9.17) is 23.2 Å². The SMILES string of the molecule is Cc1ccc(C(Cc2c(Cl)cccc2Cl)C(=O)O)cc1. The highest BCUT2D eigenvalue weighted by molar-refractivity contribution is 6.36. The van der Waals surface area contributed by atoms with Gasteiger partial charge >= 0.3 is 5.97 Å². The third-order valence-electron chi connectivity index (χ3n) is 3.25. The molecule has 0 saturated heterocycles. The summed E-state index contributed by atoms with van der Waals surface area (Å²) in [4.78, 5) is 11.5. The quantitative estimate of drug-likeness (QED) is 0.888. The molecule has 104 valence electrons. The zero-order valence-corrected chi connectivity index (χ0v) is 12.4. The summed E-state index contributed by atoms with van der Waals surface area (Å²) in [5, 5.41) is 10.4. The van der Waals surface area contributed by atoms with Crippen LogP contribution in [0.4, 0.5) is 0 Å². The van der Waals surface area contributed by atoms with Crippen LogP contribution >= 0.6 is 23.2 Å². The van der Waals surface area contributed by atoms with Crippen molar-refractivity contribution in [3.63, 3.8) is 0 Å². The Balaban J connectivity index is 2.35. The number of carboxylic acid groups (broad SMARTS) is 1. The van der Waals surface area contributed by atoms with Crippen LogP contribution in [0.25, 0.3) is 0 Å². The Kier molecular flexibility index (Phi) is 4.69. The molecule has 0 heterocycles. The van der Waals surface area contributed by atoms with Gasteiger partial charge in [0.25, 0.3) is 0 Å². The predicted molar refractivity (Wildman–Crippen MR) is 81.7 cm³/mol. The normalized spacial score (nSPS) is 12.2. The molecule has 1 N–H and O–H groups in total. The van der Waals surface area contributed by atoms with Crippen molar-refractivity contribution in [2.24, 2.45) is 0 Å². The number of benzene rings is 2. The minimum absolute atomic E-state index is 0.275. The Morgan fingerprint density at radius 3 is 2.15 bits per heavy atom. The summed E-state index contributed by atoms with van der Waals surface area (Å²) in [6, 6.07) is 12.7. The summed E-state index contributed by atoms with van der Waals surface area (Å²) >= 11 is 12.2. The van der Waals surface area contributed by atoms with Crippen molar-refractivity contribution >= 4 is 29.2 Å². The first-order valence-electron chi connectivity index (χ1n) is 6.21. The van der Waals surface area contributed by atoms with E-state index in [9.17, 15) is 9.90 Å². The number of aliphatic carboxylic acids is 1. The van der Waals surface area contributed by atoms with Crippen molar-refractivity contribution in [1.82, 2.24) is 0 Å². The third-order valence-corrected chi connectivity index (χ3v) is 3.96. The molecule has 0 aromatic heterocycles. The maximum atomic E-state index is 11.5. The second-order valence-electron chi connectivity index (χ2n) is 4.71. The van der Waals surface area contributed by atoms with Gasteiger partial charge < -0.3 is 5.11 Å². The monoisotopic (exact) mass is 308 g/mol. The molecule has 0 fully saturated rings. The van der Waals surface area contributed by atoms with Gasteiger partial charge in [0, 0.05) is 10.0 Å². The van der Waals surface area contributed by atoms with E-state index in [1.54, 1.807) is 18.2 Å². The van der Waals surface area contributed by atoms with E-state index in [0.29, 0.717) is 15.6 Å². The van der Waals surface area contributed by atoms with Crippen LogP contribution in [0.3, 0.4) is 0 Å². The second-order valence-corrected chi connectivity index (χ2v) is 5.52. The average molecular weight is 309 g/mol. The first-order chi connectivity index (χ1) is 9.49. The summed E-state index contributed by atoms with van der Waals surface area (Å²) in [7, 11) is 0. The summed E-state index contributed by atoms with van der Waals surface area (Å²) in [6.07, 6.45) is 0.275. The predicted octanol–water partition coefficient (Wildman–Crippen LogP) is 4.71. The summed E-state index contributed by atoms with van der Waals surface area (Å²) in [6.45, 7) is 1.96. The van der Waals surface area contributed by atoms with E-state index in [1.807, 2.05) is 31.2 Å². The smallest absolute Gasteiger partial charge is 0.311 e. The van der Waals surface area contributed by atoms with Gasteiger partial charge in [-0.2, -0.15) is 0 Å². The van der Waals surface area contributed by atoms with Gasteiger partial charge in [-0.3, -0.25) is 4.79 Å². The summed E-state index contributed by atoms with van der Waals surface area (Å²) < 4.78 is 0. The number of hydrogen-bond donors (Lipinski definition) is 1. The van der Waals surface area contributed by atoms with Crippen molar-refractivity contribution in [1.29, 1.82) is 0 Å². The number of carboxylic acids is 1. The number of aryl methyl sites for hydroxylation is 1. The van der Waals surface area contributed by atoms with Gasteiger partial charge in [0.05, 0.1) is 5.92 Å². The van der Waals surface area contributed by atoms with E-state index in [0.717, 1.165) is 11.1 Å². The molecule has 1 atom stereocenters. The van der Waals surface area contributed by atoms with Crippen LogP contribution in [0.5, 0.6) is 0 Å². The number of rotatable bonds is 4. The molecular formula is C16H14Cl2O2. The molecule has 20 heavy (non-hydrogen) atoms. The second kappa shape index (κ2) is 6.29. The fourth-order valence-corrected chi connectivity index (χ4v) is 2.63. The van der Waals surface area contributed by atoms with Crippen molar-refractivity contribution in [2.45, 2.75) is 19.3 Å². The van der Waals surface area contributed by atoms with Crippen LogP contribution in [0.1, 0.15) is 22.6 Å². The number of halogens is 2. The van der Waals surface area contributed by atoms with Crippen LogP contribution in [0, 0.1) is 6.92 Å². The molecule has 0 saturated carbocycles. The van der Waals surface area contributed by atoms with Gasteiger partial charge in [-0.1, -0.05) is 59.1 Å². The van der Waals surface area contributed by atoms with Gasteiger partial charge in [0.15, 0.2) is 0 Å². The van der Waals surface area contributed by atoms with E-state index >= 15 is 0 Å². The zero-order chi connectivity index (χ0) is 14.7. The Labute approximate surface area is 128 Å². The lowest BCUT2D eigenvalue weighted by atomic mass is 9.91. The molecule has 2 rings (SSSR count). The topological polar surface area (TPSA) is 37.3 Å². The maximum Gasteiger partial charge on any atom is 0.311 e. The molecule has 0 spiro atoms. The summed E-state index contributed by atoms with van der Waals surface area (Å²) in [5.41, 5.74) is 2.51. The molecule has 0 radical (unpaired) electrons. The fourth-order valence-electron chi connectivity index (χ4n) is 2.08. The van der Waals surface area contributed by atoms with Crippen LogP contribution in [-0.2, 0) is 11.2 Å². The van der Waals surface area contributed by atoms with E-state index in [-0.39, 0.29) is 6.42 Å². The molecule has 0 aliphatic heterocycles. The summed E-state index contributed by atoms with van der Waals surface area (Å²) in [5.74, 6) is -1.54. The molecule has 1 unspecified atom stereocenters. The number of carbonyl (C=O) groups is 1. The van der Waals surface area contributed by atoms with Crippen molar-refractivity contribution in [3.8, 4) is 0 Å². The van der Waals surface area contributed by atoms with Gasteiger partial charge in [-0.05, 0) is 36.6 Å². The molecule has 0 aliphatic carbocycles. The molecule has 2 nitrogen and oxygen atoms in total. The maximum absolute atomic E-state index is 11.5. The fraction of sp³-hybridized carbons (Fsp3) is 0.188. The van der Waals surface area contributed by atoms with Crippen LogP contribution in [0.15, 0.2) is 42.5 Å². The Hall–Kier alpha value is -1.51. The molecule has 0 aliphatic rings. The van der Waals surface area contributed by atoms with Crippen LogP contribution in [-0.4, -0.2) is 11.1 Å². The van der Waals surface area contributed by atoms with E-state index < -0.39 is 11.9 Å². The standard InChI is InChI=1S/C16H14Cl2O2/c1-10-5-7-11(8-6-10)12(16(19)20)9-13-14(17)3-2-4-15(13)18/h2-8,12H,9H2,1H3,(H,19,20). The molecule has 0 amide bonds. The van der Waals surface area contributed by atoms with Crippen LogP contribution in [0.2, 0.25) is 10.0 Å². The lowest BCUT2D eigenvalue weighted by Crippen LogP contribution is -2.15. The minimum atomic E-state index is -0.884. The zero-order valence-electron chi connectivity index (χ0n) is 10.9. The van der Waals surface area contributed by atoms with E-state index in [2.05, 4.69) is 0 Å². The minimum Gasteiger partial charge on any atom is -0.481 e. The Morgan fingerprint density at radius 1 is 1.10 bits per heavy atom.